The van der Waals surface area contributed by atoms with Gasteiger partial charge in [0.1, 0.15) is 12.4 Å². The topological polar surface area (TPSA) is 101 Å². The Morgan fingerprint density at radius 1 is 1.35 bits per heavy atom. The van der Waals surface area contributed by atoms with Gasteiger partial charge in [-0.1, -0.05) is 12.1 Å². The molecule has 4 rings (SSSR count). The first-order valence-electron chi connectivity index (χ1n) is 9.32. The lowest BCUT2D eigenvalue weighted by molar-refractivity contribution is -0.385. The maximum atomic E-state index is 12.8. The Kier molecular flexibility index (Phi) is 6.50. The number of fused-ring (bicyclic) bond motifs is 1. The number of nitrogens with zero attached hydrogens (tertiary/aromatic N) is 2. The fraction of sp³-hybridized carbons (Fsp3) is 0.238. The van der Waals surface area contributed by atoms with Crippen LogP contribution in [0.15, 0.2) is 46.7 Å². The van der Waals surface area contributed by atoms with Crippen molar-refractivity contribution in [1.82, 2.24) is 4.98 Å². The Bertz CT molecular complexity index is 1130. The minimum atomic E-state index is -0.509. The van der Waals surface area contributed by atoms with E-state index >= 15 is 0 Å². The largest absolute Gasteiger partial charge is 0.467 e. The summed E-state index contributed by atoms with van der Waals surface area (Å²) in [7, 11) is 0. The van der Waals surface area contributed by atoms with E-state index in [-0.39, 0.29) is 25.7 Å². The predicted molar refractivity (Wildman–Crippen MR) is 115 cm³/mol. The van der Waals surface area contributed by atoms with Crippen LogP contribution in [0.1, 0.15) is 32.2 Å². The van der Waals surface area contributed by atoms with Gasteiger partial charge < -0.3 is 14.2 Å². The van der Waals surface area contributed by atoms with Gasteiger partial charge in [-0.25, -0.2) is 9.78 Å². The van der Waals surface area contributed by atoms with E-state index in [4.69, 9.17) is 14.2 Å². The molecule has 10 heteroatoms. The maximum absolute atomic E-state index is 12.8. The standard InChI is InChI=1S/C21H18N2O6S2/c1-13-22-16(10-30-13)11-31-19-5-3-2-4-18(19)21(24)28-9-15-7-17(23(25)26)6-14-8-27-12-29-20(14)15/h2-7,10H,8-9,11-12H2,1H3. The first kappa shape index (κ1) is 21.3. The maximum Gasteiger partial charge on any atom is 0.339 e. The molecule has 0 saturated carbocycles. The number of carbonyl (C=O) groups excluding carboxylic acids is 1. The number of thiazole rings is 1. The average Bonchev–Trinajstić information content (AvgIpc) is 3.20. The van der Waals surface area contributed by atoms with Crippen LogP contribution in [-0.4, -0.2) is 22.7 Å². The molecular weight excluding hydrogens is 440 g/mol. The minimum absolute atomic E-state index is 0.0430. The summed E-state index contributed by atoms with van der Waals surface area (Å²) in [5.74, 6) is 0.594. The van der Waals surface area contributed by atoms with Gasteiger partial charge in [0, 0.05) is 39.3 Å². The van der Waals surface area contributed by atoms with E-state index in [2.05, 4.69) is 4.98 Å². The molecule has 0 bridgehead atoms. The second-order valence-electron chi connectivity index (χ2n) is 6.68. The second-order valence-corrected chi connectivity index (χ2v) is 8.76. The number of benzene rings is 2. The number of ether oxygens (including phenoxy) is 3. The van der Waals surface area contributed by atoms with Crippen molar-refractivity contribution in [2.75, 3.05) is 6.79 Å². The number of thioether (sulfide) groups is 1. The van der Waals surface area contributed by atoms with Crippen LogP contribution >= 0.6 is 23.1 Å². The molecule has 2 heterocycles. The van der Waals surface area contributed by atoms with Crippen molar-refractivity contribution >= 4 is 34.8 Å². The lowest BCUT2D eigenvalue weighted by Gasteiger charge is -2.20. The average molecular weight is 459 g/mol. The molecule has 0 unspecified atom stereocenters. The van der Waals surface area contributed by atoms with Crippen LogP contribution in [0.4, 0.5) is 5.69 Å². The Balaban J connectivity index is 1.49. The zero-order valence-corrected chi connectivity index (χ0v) is 18.2. The van der Waals surface area contributed by atoms with E-state index < -0.39 is 10.9 Å². The third kappa shape index (κ3) is 5.04. The molecule has 160 valence electrons. The Morgan fingerprint density at radius 2 is 2.19 bits per heavy atom. The van der Waals surface area contributed by atoms with Crippen molar-refractivity contribution < 1.29 is 23.9 Å². The summed E-state index contributed by atoms with van der Waals surface area (Å²) in [5, 5.41) is 14.2. The number of nitro benzene ring substituents is 1. The van der Waals surface area contributed by atoms with E-state index in [1.54, 1.807) is 23.5 Å². The number of esters is 1. The van der Waals surface area contributed by atoms with Crippen LogP contribution in [0, 0.1) is 17.0 Å². The molecule has 1 aromatic heterocycles. The van der Waals surface area contributed by atoms with Crippen LogP contribution in [0.2, 0.25) is 0 Å². The summed E-state index contributed by atoms with van der Waals surface area (Å²) < 4.78 is 16.2. The van der Waals surface area contributed by atoms with Crippen molar-refractivity contribution in [3.05, 3.63) is 79.3 Å². The lowest BCUT2D eigenvalue weighted by Crippen LogP contribution is -2.15. The highest BCUT2D eigenvalue weighted by Crippen LogP contribution is 2.33. The van der Waals surface area contributed by atoms with E-state index in [0.29, 0.717) is 28.2 Å². The highest BCUT2D eigenvalue weighted by molar-refractivity contribution is 7.98. The van der Waals surface area contributed by atoms with E-state index in [1.807, 2.05) is 24.4 Å². The molecule has 2 aromatic carbocycles. The van der Waals surface area contributed by atoms with Crippen molar-refractivity contribution in [2.24, 2.45) is 0 Å². The zero-order valence-electron chi connectivity index (χ0n) is 16.5. The van der Waals surface area contributed by atoms with Crippen LogP contribution in [0.3, 0.4) is 0 Å². The van der Waals surface area contributed by atoms with Gasteiger partial charge in [-0.3, -0.25) is 10.1 Å². The molecule has 0 fully saturated rings. The van der Waals surface area contributed by atoms with Crippen LogP contribution in [-0.2, 0) is 28.4 Å². The molecule has 0 N–H and O–H groups in total. The third-order valence-corrected chi connectivity index (χ3v) is 6.42. The van der Waals surface area contributed by atoms with Crippen molar-refractivity contribution in [1.29, 1.82) is 0 Å². The molecule has 3 aromatic rings. The molecule has 8 nitrogen and oxygen atoms in total. The molecule has 0 radical (unpaired) electrons. The van der Waals surface area contributed by atoms with Crippen LogP contribution < -0.4 is 4.74 Å². The van der Waals surface area contributed by atoms with Crippen LogP contribution in [0.5, 0.6) is 5.75 Å². The number of hydrogen-bond donors (Lipinski definition) is 0. The molecule has 1 aliphatic rings. The number of nitro groups is 1. The van der Waals surface area contributed by atoms with Crippen LogP contribution in [0.25, 0.3) is 0 Å². The summed E-state index contributed by atoms with van der Waals surface area (Å²) in [6.45, 7) is 2.05. The fourth-order valence-corrected chi connectivity index (χ4v) is 4.75. The van der Waals surface area contributed by atoms with Gasteiger partial charge in [0.25, 0.3) is 5.69 Å². The Morgan fingerprint density at radius 3 is 2.97 bits per heavy atom. The molecule has 0 spiro atoms. The highest BCUT2D eigenvalue weighted by Gasteiger charge is 2.22. The number of non-ortho nitro benzene ring substituents is 1. The molecule has 0 aliphatic carbocycles. The van der Waals surface area contributed by atoms with Gasteiger partial charge >= 0.3 is 5.97 Å². The summed E-state index contributed by atoms with van der Waals surface area (Å²) in [6.07, 6.45) is 0. The predicted octanol–water partition coefficient (Wildman–Crippen LogP) is 4.88. The number of hydrogen-bond acceptors (Lipinski definition) is 9. The first-order chi connectivity index (χ1) is 15.0. The SMILES string of the molecule is Cc1nc(CSc2ccccc2C(=O)OCc2cc([N+](=O)[O-])cc3c2OCOC3)cs1. The summed E-state index contributed by atoms with van der Waals surface area (Å²) in [6, 6.07) is 9.95. The second kappa shape index (κ2) is 9.46. The summed E-state index contributed by atoms with van der Waals surface area (Å²) >= 11 is 3.09. The van der Waals surface area contributed by atoms with Crippen molar-refractivity contribution in [3.8, 4) is 5.75 Å². The van der Waals surface area contributed by atoms with E-state index in [0.717, 1.165) is 15.6 Å². The number of carbonyl (C=O) groups is 1. The van der Waals surface area contributed by atoms with Gasteiger partial charge in [0.05, 0.1) is 27.8 Å². The molecular formula is C21H18N2O6S2. The van der Waals surface area contributed by atoms with Crippen molar-refractivity contribution in [2.45, 2.75) is 30.8 Å². The molecule has 1 aliphatic heterocycles. The monoisotopic (exact) mass is 458 g/mol. The molecule has 0 amide bonds. The first-order valence-corrected chi connectivity index (χ1v) is 11.2. The van der Waals surface area contributed by atoms with Gasteiger partial charge in [-0.2, -0.15) is 0 Å². The fourth-order valence-electron chi connectivity index (χ4n) is 3.10. The highest BCUT2D eigenvalue weighted by atomic mass is 32.2. The van der Waals surface area contributed by atoms with Crippen molar-refractivity contribution in [3.63, 3.8) is 0 Å². The quantitative estimate of drug-likeness (QED) is 0.214. The zero-order chi connectivity index (χ0) is 21.8. The third-order valence-electron chi connectivity index (χ3n) is 4.49. The van der Waals surface area contributed by atoms with Gasteiger partial charge in [-0.15, -0.1) is 23.1 Å². The summed E-state index contributed by atoms with van der Waals surface area (Å²) in [5.41, 5.74) is 2.28. The Hall–Kier alpha value is -2.95. The normalized spacial score (nSPS) is 12.7. The lowest BCUT2D eigenvalue weighted by atomic mass is 10.1. The number of rotatable bonds is 7. The molecule has 0 atom stereocenters. The summed E-state index contributed by atoms with van der Waals surface area (Å²) in [4.78, 5) is 28.8. The van der Waals surface area contributed by atoms with E-state index in [9.17, 15) is 14.9 Å². The number of aryl methyl sites for hydroxylation is 1. The van der Waals surface area contributed by atoms with E-state index in [1.165, 1.54) is 23.9 Å². The van der Waals surface area contributed by atoms with Gasteiger partial charge in [0.2, 0.25) is 0 Å². The molecule has 0 saturated heterocycles. The molecule has 31 heavy (non-hydrogen) atoms. The minimum Gasteiger partial charge on any atom is -0.467 e. The van der Waals surface area contributed by atoms with Gasteiger partial charge in [0.15, 0.2) is 6.79 Å². The Labute approximate surface area is 186 Å². The smallest absolute Gasteiger partial charge is 0.339 e. The number of aromatic nitrogens is 1. The van der Waals surface area contributed by atoms with Gasteiger partial charge in [-0.05, 0) is 19.1 Å².